The van der Waals surface area contributed by atoms with Gasteiger partial charge in [0.2, 0.25) is 0 Å². The highest BCUT2D eigenvalue weighted by Crippen LogP contribution is 2.51. The number of hydrogen-bond acceptors (Lipinski definition) is 4. The molecule has 4 heteroatoms. The molecule has 88 valence electrons. The van der Waals surface area contributed by atoms with Crippen molar-refractivity contribution in [2.75, 3.05) is 5.75 Å². The first-order chi connectivity index (χ1) is 7.37. The van der Waals surface area contributed by atoms with Gasteiger partial charge in [0, 0.05) is 22.9 Å². The number of hydrogen-bond donors (Lipinski definition) is 1. The SMILES string of the molecule is CC(=O)C1=C(C)N[C@]2(C)SC[C@H]1[C@@H]2C(C)=O. The lowest BCUT2D eigenvalue weighted by Crippen LogP contribution is -2.51. The van der Waals surface area contributed by atoms with E-state index in [0.29, 0.717) is 0 Å². The summed E-state index contributed by atoms with van der Waals surface area (Å²) in [6.45, 7) is 7.21. The van der Waals surface area contributed by atoms with Crippen molar-refractivity contribution in [2.45, 2.75) is 32.6 Å². The van der Waals surface area contributed by atoms with Gasteiger partial charge in [0.25, 0.3) is 0 Å². The van der Waals surface area contributed by atoms with Crippen LogP contribution in [0.25, 0.3) is 0 Å². The van der Waals surface area contributed by atoms with E-state index in [0.717, 1.165) is 17.0 Å². The summed E-state index contributed by atoms with van der Waals surface area (Å²) < 4.78 is 0. The standard InChI is InChI=1S/C12H17NO2S/c1-6-10(7(2)14)9-5-16-12(4,13-6)11(9)8(3)15/h9,11,13H,5H2,1-4H3/t9-,11+,12-/m1/s1. The molecule has 2 aliphatic heterocycles. The molecule has 2 heterocycles. The second-order valence-corrected chi connectivity index (χ2v) is 6.30. The Hall–Kier alpha value is -0.770. The summed E-state index contributed by atoms with van der Waals surface area (Å²) in [5.74, 6) is 1.16. The molecule has 0 aromatic rings. The molecule has 3 nitrogen and oxygen atoms in total. The molecule has 0 radical (unpaired) electrons. The van der Waals surface area contributed by atoms with E-state index in [2.05, 4.69) is 12.2 Å². The lowest BCUT2D eigenvalue weighted by Gasteiger charge is -2.39. The smallest absolute Gasteiger partial charge is 0.157 e. The van der Waals surface area contributed by atoms with Gasteiger partial charge in [-0.05, 0) is 27.7 Å². The highest BCUT2D eigenvalue weighted by atomic mass is 32.2. The minimum atomic E-state index is -0.223. The molecule has 1 saturated heterocycles. The van der Waals surface area contributed by atoms with Crippen LogP contribution in [0.5, 0.6) is 0 Å². The van der Waals surface area contributed by atoms with Crippen LogP contribution in [0.1, 0.15) is 27.7 Å². The molecule has 0 aliphatic carbocycles. The Morgan fingerprint density at radius 2 is 2.06 bits per heavy atom. The predicted molar refractivity (Wildman–Crippen MR) is 65.0 cm³/mol. The van der Waals surface area contributed by atoms with Crippen LogP contribution in [-0.4, -0.2) is 22.2 Å². The molecule has 0 unspecified atom stereocenters. The first-order valence-corrected chi connectivity index (χ1v) is 6.49. The van der Waals surface area contributed by atoms with Crippen LogP contribution < -0.4 is 5.32 Å². The average molecular weight is 239 g/mol. The predicted octanol–water partition coefficient (Wildman–Crippen LogP) is 1.74. The number of rotatable bonds is 2. The molecule has 2 aliphatic rings. The van der Waals surface area contributed by atoms with Gasteiger partial charge in [-0.3, -0.25) is 9.59 Å². The highest BCUT2D eigenvalue weighted by Gasteiger charge is 2.53. The van der Waals surface area contributed by atoms with Gasteiger partial charge in [0.05, 0.1) is 10.8 Å². The maximum absolute atomic E-state index is 11.8. The first-order valence-electron chi connectivity index (χ1n) is 5.51. The van der Waals surface area contributed by atoms with E-state index in [1.54, 1.807) is 25.6 Å². The van der Waals surface area contributed by atoms with E-state index in [9.17, 15) is 9.59 Å². The minimum absolute atomic E-state index is 0.0694. The third-order valence-electron chi connectivity index (χ3n) is 3.59. The van der Waals surface area contributed by atoms with E-state index in [1.807, 2.05) is 6.92 Å². The second kappa shape index (κ2) is 3.62. The largest absolute Gasteiger partial charge is 0.374 e. The van der Waals surface area contributed by atoms with E-state index in [1.165, 1.54) is 0 Å². The second-order valence-electron chi connectivity index (χ2n) is 4.83. The topological polar surface area (TPSA) is 46.2 Å². The Labute approximate surface area is 100 Å². The fourth-order valence-electron chi connectivity index (χ4n) is 3.11. The van der Waals surface area contributed by atoms with Crippen molar-refractivity contribution >= 4 is 23.3 Å². The molecule has 16 heavy (non-hydrogen) atoms. The summed E-state index contributed by atoms with van der Waals surface area (Å²) in [5, 5.41) is 3.35. The summed E-state index contributed by atoms with van der Waals surface area (Å²) in [4.78, 5) is 23.2. The maximum atomic E-state index is 11.8. The number of carbonyl (C=O) groups excluding carboxylic acids is 2. The minimum Gasteiger partial charge on any atom is -0.374 e. The molecule has 0 saturated carbocycles. The lowest BCUT2D eigenvalue weighted by molar-refractivity contribution is -0.123. The number of ketones is 2. The van der Waals surface area contributed by atoms with E-state index in [-0.39, 0.29) is 28.3 Å². The molecular formula is C12H17NO2S. The van der Waals surface area contributed by atoms with Crippen LogP contribution in [0.15, 0.2) is 11.3 Å². The van der Waals surface area contributed by atoms with Crippen LogP contribution in [0.4, 0.5) is 0 Å². The zero-order valence-electron chi connectivity index (χ0n) is 10.1. The summed E-state index contributed by atoms with van der Waals surface area (Å²) >= 11 is 1.75. The molecule has 1 fully saturated rings. The zero-order chi connectivity index (χ0) is 12.1. The van der Waals surface area contributed by atoms with E-state index >= 15 is 0 Å². The average Bonchev–Trinajstić information content (AvgIpc) is 2.35. The van der Waals surface area contributed by atoms with Gasteiger partial charge in [0.1, 0.15) is 5.78 Å². The van der Waals surface area contributed by atoms with Gasteiger partial charge >= 0.3 is 0 Å². The van der Waals surface area contributed by atoms with Crippen molar-refractivity contribution in [3.05, 3.63) is 11.3 Å². The monoisotopic (exact) mass is 239 g/mol. The molecule has 2 bridgehead atoms. The Balaban J connectivity index is 2.49. The summed E-state index contributed by atoms with van der Waals surface area (Å²) in [5.41, 5.74) is 1.77. The van der Waals surface area contributed by atoms with Gasteiger partial charge in [-0.25, -0.2) is 0 Å². The molecule has 0 aromatic carbocycles. The quantitative estimate of drug-likeness (QED) is 0.797. The van der Waals surface area contributed by atoms with Crippen molar-refractivity contribution in [2.24, 2.45) is 11.8 Å². The first kappa shape index (κ1) is 11.7. The van der Waals surface area contributed by atoms with Crippen molar-refractivity contribution in [3.63, 3.8) is 0 Å². The summed E-state index contributed by atoms with van der Waals surface area (Å²) in [6.07, 6.45) is 0. The Kier molecular flexibility index (Phi) is 2.65. The van der Waals surface area contributed by atoms with Crippen LogP contribution in [0.3, 0.4) is 0 Å². The number of fused-ring (bicyclic) bond motifs is 2. The van der Waals surface area contributed by atoms with Crippen molar-refractivity contribution < 1.29 is 9.59 Å². The fraction of sp³-hybridized carbons (Fsp3) is 0.667. The number of carbonyl (C=O) groups is 2. The van der Waals surface area contributed by atoms with Gasteiger partial charge in [-0.15, -0.1) is 11.8 Å². The fourth-order valence-corrected chi connectivity index (χ4v) is 4.73. The van der Waals surface area contributed by atoms with Crippen molar-refractivity contribution in [1.29, 1.82) is 0 Å². The summed E-state index contributed by atoms with van der Waals surface area (Å²) in [6, 6.07) is 0. The number of nitrogens with one attached hydrogen (secondary N) is 1. The molecule has 0 amide bonds. The zero-order valence-corrected chi connectivity index (χ0v) is 10.9. The van der Waals surface area contributed by atoms with Crippen LogP contribution in [0.2, 0.25) is 0 Å². The number of Topliss-reactive ketones (excluding diaryl/α,β-unsaturated/α-hetero) is 2. The third-order valence-corrected chi connectivity index (χ3v) is 5.07. The van der Waals surface area contributed by atoms with E-state index in [4.69, 9.17) is 0 Å². The maximum Gasteiger partial charge on any atom is 0.157 e. The normalized spacial score (nSPS) is 37.2. The van der Waals surface area contributed by atoms with Gasteiger partial charge < -0.3 is 5.32 Å². The van der Waals surface area contributed by atoms with Crippen LogP contribution >= 0.6 is 11.8 Å². The van der Waals surface area contributed by atoms with Gasteiger partial charge in [-0.2, -0.15) is 0 Å². The number of allylic oxidation sites excluding steroid dienone is 2. The number of thioether (sulfide) groups is 1. The van der Waals surface area contributed by atoms with Gasteiger partial charge in [-0.1, -0.05) is 0 Å². The van der Waals surface area contributed by atoms with Crippen LogP contribution in [0, 0.1) is 11.8 Å². The molecular weight excluding hydrogens is 222 g/mol. The molecule has 2 rings (SSSR count). The Morgan fingerprint density at radius 1 is 1.44 bits per heavy atom. The van der Waals surface area contributed by atoms with E-state index < -0.39 is 0 Å². The molecule has 0 spiro atoms. The highest BCUT2D eigenvalue weighted by molar-refractivity contribution is 8.00. The lowest BCUT2D eigenvalue weighted by atomic mass is 9.76. The van der Waals surface area contributed by atoms with Crippen LogP contribution in [-0.2, 0) is 9.59 Å². The van der Waals surface area contributed by atoms with Crippen molar-refractivity contribution in [3.8, 4) is 0 Å². The molecule has 1 N–H and O–H groups in total. The Morgan fingerprint density at radius 3 is 2.56 bits per heavy atom. The summed E-state index contributed by atoms with van der Waals surface area (Å²) in [7, 11) is 0. The van der Waals surface area contributed by atoms with Crippen molar-refractivity contribution in [1.82, 2.24) is 5.32 Å². The Bertz CT molecular complexity index is 402. The molecule has 0 aromatic heterocycles. The third kappa shape index (κ3) is 1.51. The van der Waals surface area contributed by atoms with Gasteiger partial charge in [0.15, 0.2) is 5.78 Å². The molecule has 3 atom stereocenters.